The molecule has 0 radical (unpaired) electrons. The minimum absolute atomic E-state index is 0.268. The number of aromatic nitrogens is 4. The lowest BCUT2D eigenvalue weighted by molar-refractivity contribution is -0.137. The van der Waals surface area contributed by atoms with Crippen molar-refractivity contribution in [3.8, 4) is 16.9 Å². The topological polar surface area (TPSA) is 126 Å². The molecule has 0 spiro atoms. The number of methoxy groups -OCH3 is 1. The zero-order chi connectivity index (χ0) is 25.6. The van der Waals surface area contributed by atoms with Gasteiger partial charge in [-0.05, 0) is 50.6 Å². The van der Waals surface area contributed by atoms with Gasteiger partial charge < -0.3 is 24.7 Å². The predicted octanol–water partition coefficient (Wildman–Crippen LogP) is 5.47. The standard InChI is InChI=1S/C26H24FN5O4/c1-12-23(13(2)36-32-12)18-9-20-17(10-21(18)35-4)24-25(28-14(3)29-26(24)31-20)30-19(11-22(33)34)15-6-5-7-16(27)8-15/h5-10,19H,11H2,1-4H3,(H,33,34)(H2,28,29,30,31). The van der Waals surface area contributed by atoms with Crippen molar-refractivity contribution < 1.29 is 23.6 Å². The number of carboxylic acid groups (broad SMARTS) is 1. The molecule has 3 aromatic heterocycles. The fourth-order valence-corrected chi connectivity index (χ4v) is 4.59. The Kier molecular flexibility index (Phi) is 5.79. The Hall–Kier alpha value is -4.47. The Bertz CT molecular complexity index is 1600. The number of aryl methyl sites for hydroxylation is 3. The number of nitrogens with one attached hydrogen (secondary N) is 2. The molecule has 0 saturated heterocycles. The number of rotatable bonds is 7. The normalized spacial score (nSPS) is 12.2. The van der Waals surface area contributed by atoms with Gasteiger partial charge in [0.05, 0.1) is 36.2 Å². The van der Waals surface area contributed by atoms with Gasteiger partial charge in [0, 0.05) is 16.5 Å². The number of aliphatic carboxylic acids is 1. The minimum Gasteiger partial charge on any atom is -0.496 e. The van der Waals surface area contributed by atoms with E-state index >= 15 is 0 Å². The zero-order valence-electron chi connectivity index (χ0n) is 20.1. The fraction of sp³-hybridized carbons (Fsp3) is 0.231. The van der Waals surface area contributed by atoms with Crippen LogP contribution in [0.4, 0.5) is 10.2 Å². The van der Waals surface area contributed by atoms with Gasteiger partial charge in [-0.15, -0.1) is 0 Å². The Morgan fingerprint density at radius 3 is 2.69 bits per heavy atom. The lowest BCUT2D eigenvalue weighted by atomic mass is 10.0. The van der Waals surface area contributed by atoms with Gasteiger partial charge >= 0.3 is 5.97 Å². The van der Waals surface area contributed by atoms with Gasteiger partial charge in [0.15, 0.2) is 0 Å². The first-order valence-corrected chi connectivity index (χ1v) is 11.3. The van der Waals surface area contributed by atoms with Crippen LogP contribution in [0, 0.1) is 26.6 Å². The van der Waals surface area contributed by atoms with E-state index in [4.69, 9.17) is 9.26 Å². The Balaban J connectivity index is 1.70. The van der Waals surface area contributed by atoms with E-state index in [2.05, 4.69) is 25.4 Å². The third kappa shape index (κ3) is 4.10. The van der Waals surface area contributed by atoms with Crippen LogP contribution in [0.5, 0.6) is 5.75 Å². The second-order valence-corrected chi connectivity index (χ2v) is 8.62. The molecule has 5 aromatic rings. The maximum atomic E-state index is 13.9. The molecule has 5 rings (SSSR count). The molecule has 36 heavy (non-hydrogen) atoms. The molecule has 9 nitrogen and oxygen atoms in total. The summed E-state index contributed by atoms with van der Waals surface area (Å²) in [5.41, 5.74) is 4.26. The maximum absolute atomic E-state index is 13.9. The van der Waals surface area contributed by atoms with Crippen molar-refractivity contribution in [3.05, 3.63) is 65.1 Å². The highest BCUT2D eigenvalue weighted by atomic mass is 19.1. The van der Waals surface area contributed by atoms with E-state index in [9.17, 15) is 14.3 Å². The molecule has 3 heterocycles. The summed E-state index contributed by atoms with van der Waals surface area (Å²) in [6.07, 6.45) is -0.268. The number of halogens is 1. The van der Waals surface area contributed by atoms with Crippen molar-refractivity contribution in [3.63, 3.8) is 0 Å². The third-order valence-electron chi connectivity index (χ3n) is 6.13. The Morgan fingerprint density at radius 2 is 2.03 bits per heavy atom. The molecular weight excluding hydrogens is 465 g/mol. The molecule has 0 fully saturated rings. The second-order valence-electron chi connectivity index (χ2n) is 8.62. The van der Waals surface area contributed by atoms with Crippen LogP contribution in [0.1, 0.15) is 35.3 Å². The second kappa shape index (κ2) is 8.95. The number of H-pyrrole nitrogens is 1. The maximum Gasteiger partial charge on any atom is 0.305 e. The first-order chi connectivity index (χ1) is 17.2. The average molecular weight is 490 g/mol. The number of hydrogen-bond acceptors (Lipinski definition) is 7. The van der Waals surface area contributed by atoms with E-state index in [0.29, 0.717) is 39.7 Å². The van der Waals surface area contributed by atoms with Crippen molar-refractivity contribution in [1.82, 2.24) is 20.1 Å². The molecule has 10 heteroatoms. The van der Waals surface area contributed by atoms with Gasteiger partial charge in [-0.2, -0.15) is 0 Å². The number of carbonyl (C=O) groups is 1. The molecule has 1 unspecified atom stereocenters. The molecule has 2 aromatic carbocycles. The Labute approximate surface area is 205 Å². The summed E-state index contributed by atoms with van der Waals surface area (Å²) >= 11 is 0. The molecule has 184 valence electrons. The van der Waals surface area contributed by atoms with Gasteiger partial charge in [-0.3, -0.25) is 4.79 Å². The zero-order valence-corrected chi connectivity index (χ0v) is 20.1. The summed E-state index contributed by atoms with van der Waals surface area (Å²) in [5.74, 6) is 0.734. The SMILES string of the molecule is COc1cc2c(cc1-c1c(C)noc1C)[nH]c1nc(C)nc(NC(CC(=O)O)c3cccc(F)c3)c12. The monoisotopic (exact) mass is 489 g/mol. The highest BCUT2D eigenvalue weighted by Crippen LogP contribution is 2.41. The molecule has 0 aliphatic rings. The number of anilines is 1. The van der Waals surface area contributed by atoms with Gasteiger partial charge in [0.1, 0.15) is 34.6 Å². The molecule has 0 saturated carbocycles. The smallest absolute Gasteiger partial charge is 0.305 e. The number of nitrogens with zero attached hydrogens (tertiary/aromatic N) is 3. The number of aromatic amines is 1. The van der Waals surface area contributed by atoms with Crippen LogP contribution in [0.2, 0.25) is 0 Å². The van der Waals surface area contributed by atoms with Gasteiger partial charge in [-0.1, -0.05) is 17.3 Å². The van der Waals surface area contributed by atoms with Crippen molar-refractivity contribution in [1.29, 1.82) is 0 Å². The molecule has 0 aliphatic carbocycles. The molecule has 0 bridgehead atoms. The first-order valence-electron chi connectivity index (χ1n) is 11.3. The highest BCUT2D eigenvalue weighted by Gasteiger charge is 2.23. The summed E-state index contributed by atoms with van der Waals surface area (Å²) < 4.78 is 25.0. The number of benzene rings is 2. The quantitative estimate of drug-likeness (QED) is 0.275. The highest BCUT2D eigenvalue weighted by molar-refractivity contribution is 6.13. The van der Waals surface area contributed by atoms with Crippen LogP contribution >= 0.6 is 0 Å². The van der Waals surface area contributed by atoms with Crippen LogP contribution in [-0.2, 0) is 4.79 Å². The lowest BCUT2D eigenvalue weighted by Crippen LogP contribution is -2.16. The summed E-state index contributed by atoms with van der Waals surface area (Å²) in [4.78, 5) is 24.1. The minimum atomic E-state index is -1.02. The number of hydrogen-bond donors (Lipinski definition) is 3. The number of ether oxygens (including phenoxy) is 1. The molecule has 1 atom stereocenters. The van der Waals surface area contributed by atoms with Gasteiger partial charge in [-0.25, -0.2) is 14.4 Å². The van der Waals surface area contributed by atoms with E-state index in [1.54, 1.807) is 26.2 Å². The fourth-order valence-electron chi connectivity index (χ4n) is 4.59. The van der Waals surface area contributed by atoms with E-state index in [-0.39, 0.29) is 6.42 Å². The summed E-state index contributed by atoms with van der Waals surface area (Å²) in [5, 5.41) is 18.3. The summed E-state index contributed by atoms with van der Waals surface area (Å²) in [7, 11) is 1.59. The van der Waals surface area contributed by atoms with E-state index in [1.165, 1.54) is 12.1 Å². The average Bonchev–Trinajstić information content (AvgIpc) is 3.35. The van der Waals surface area contributed by atoms with Crippen molar-refractivity contribution >= 4 is 33.7 Å². The number of fused-ring (bicyclic) bond motifs is 3. The van der Waals surface area contributed by atoms with Crippen LogP contribution in [-0.4, -0.2) is 38.3 Å². The predicted molar refractivity (Wildman–Crippen MR) is 133 cm³/mol. The van der Waals surface area contributed by atoms with E-state index < -0.39 is 17.8 Å². The Morgan fingerprint density at radius 1 is 1.22 bits per heavy atom. The molecule has 0 aliphatic heterocycles. The summed E-state index contributed by atoms with van der Waals surface area (Å²) in [6.45, 7) is 5.46. The van der Waals surface area contributed by atoms with Crippen molar-refractivity contribution in [2.24, 2.45) is 0 Å². The number of carboxylic acids is 1. The third-order valence-corrected chi connectivity index (χ3v) is 6.13. The largest absolute Gasteiger partial charge is 0.496 e. The van der Waals surface area contributed by atoms with E-state index in [1.807, 2.05) is 26.0 Å². The van der Waals surface area contributed by atoms with Crippen LogP contribution in [0.3, 0.4) is 0 Å². The van der Waals surface area contributed by atoms with Crippen molar-refractivity contribution in [2.75, 3.05) is 12.4 Å². The lowest BCUT2D eigenvalue weighted by Gasteiger charge is -2.19. The molecule has 0 amide bonds. The van der Waals surface area contributed by atoms with Crippen LogP contribution < -0.4 is 10.1 Å². The van der Waals surface area contributed by atoms with Crippen LogP contribution in [0.15, 0.2) is 40.9 Å². The van der Waals surface area contributed by atoms with Crippen molar-refractivity contribution in [2.45, 2.75) is 33.2 Å². The van der Waals surface area contributed by atoms with Gasteiger partial charge in [0.25, 0.3) is 0 Å². The first kappa shape index (κ1) is 23.3. The summed E-state index contributed by atoms with van der Waals surface area (Å²) in [6, 6.07) is 8.98. The van der Waals surface area contributed by atoms with Gasteiger partial charge in [0.2, 0.25) is 0 Å². The van der Waals surface area contributed by atoms with Crippen LogP contribution in [0.25, 0.3) is 33.1 Å². The molecule has 3 N–H and O–H groups in total. The van der Waals surface area contributed by atoms with E-state index in [0.717, 1.165) is 27.7 Å². The molecular formula is C26H24FN5O4.